The molecule has 2 aliphatic rings. The van der Waals surface area contributed by atoms with Gasteiger partial charge in [0.05, 0.1) is 5.54 Å². The van der Waals surface area contributed by atoms with Crippen molar-refractivity contribution in [3.63, 3.8) is 0 Å². The number of rotatable bonds is 1. The molecule has 0 amide bonds. The zero-order chi connectivity index (χ0) is 9.60. The van der Waals surface area contributed by atoms with Crippen LogP contribution in [0.3, 0.4) is 0 Å². The van der Waals surface area contributed by atoms with Gasteiger partial charge >= 0.3 is 0 Å². The Labute approximate surface area is 85.1 Å². The number of nitrogens with two attached hydrogens (primary N) is 1. The summed E-state index contributed by atoms with van der Waals surface area (Å²) in [6.07, 6.45) is 7.51. The molecule has 0 unspecified atom stereocenters. The van der Waals surface area contributed by atoms with E-state index in [1.54, 1.807) is 0 Å². The zero-order valence-corrected chi connectivity index (χ0v) is 8.63. The third-order valence-corrected chi connectivity index (χ3v) is 3.89. The van der Waals surface area contributed by atoms with Gasteiger partial charge in [0.1, 0.15) is 0 Å². The van der Waals surface area contributed by atoms with Gasteiger partial charge in [0.25, 0.3) is 0 Å². The van der Waals surface area contributed by atoms with Crippen LogP contribution in [0, 0.1) is 0 Å². The Morgan fingerprint density at radius 1 is 1.14 bits per heavy atom. The predicted molar refractivity (Wildman–Crippen MR) is 57.1 cm³/mol. The average Bonchev–Trinajstić information content (AvgIpc) is 2.76. The molecule has 0 radical (unpaired) electrons. The second-order valence-electron chi connectivity index (χ2n) is 4.83. The minimum Gasteiger partial charge on any atom is -0.347 e. The molecular formula is C12H18N2. The van der Waals surface area contributed by atoms with Gasteiger partial charge in [0, 0.05) is 17.9 Å². The van der Waals surface area contributed by atoms with E-state index in [0.29, 0.717) is 0 Å². The van der Waals surface area contributed by atoms with Crippen LogP contribution in [-0.4, -0.2) is 4.57 Å². The molecule has 0 saturated heterocycles. The fourth-order valence-corrected chi connectivity index (χ4v) is 3.11. The molecule has 0 aromatic carbocycles. The van der Waals surface area contributed by atoms with Crippen LogP contribution in [-0.2, 0) is 18.5 Å². The van der Waals surface area contributed by atoms with Crippen molar-refractivity contribution in [1.82, 2.24) is 4.57 Å². The van der Waals surface area contributed by atoms with Crippen LogP contribution in [0.2, 0.25) is 0 Å². The summed E-state index contributed by atoms with van der Waals surface area (Å²) in [5, 5.41) is 0. The van der Waals surface area contributed by atoms with Crippen molar-refractivity contribution in [3.8, 4) is 0 Å². The van der Waals surface area contributed by atoms with Gasteiger partial charge in [-0.3, -0.25) is 0 Å². The summed E-state index contributed by atoms with van der Waals surface area (Å²) in [5.74, 6) is 0. The van der Waals surface area contributed by atoms with E-state index >= 15 is 0 Å². The molecule has 0 spiro atoms. The van der Waals surface area contributed by atoms with Crippen LogP contribution >= 0.6 is 0 Å². The van der Waals surface area contributed by atoms with Crippen molar-refractivity contribution >= 4 is 0 Å². The maximum Gasteiger partial charge on any atom is 0.0563 e. The fraction of sp³-hybridized carbons (Fsp3) is 0.667. The summed E-state index contributed by atoms with van der Waals surface area (Å²) < 4.78 is 2.46. The Hall–Kier alpha value is -0.760. The topological polar surface area (TPSA) is 30.9 Å². The molecule has 1 aromatic rings. The number of aryl methyl sites for hydroxylation is 1. The van der Waals surface area contributed by atoms with Gasteiger partial charge in [-0.2, -0.15) is 0 Å². The van der Waals surface area contributed by atoms with E-state index in [4.69, 9.17) is 5.73 Å². The molecule has 1 saturated carbocycles. The summed E-state index contributed by atoms with van der Waals surface area (Å²) >= 11 is 0. The predicted octanol–water partition coefficient (Wildman–Crippen LogP) is 2.16. The molecule has 3 rings (SSSR count). The molecule has 2 N–H and O–H groups in total. The molecule has 76 valence electrons. The van der Waals surface area contributed by atoms with Gasteiger partial charge in [-0.1, -0.05) is 12.8 Å². The molecule has 14 heavy (non-hydrogen) atoms. The van der Waals surface area contributed by atoms with Crippen LogP contribution < -0.4 is 5.73 Å². The van der Waals surface area contributed by atoms with Gasteiger partial charge in [-0.15, -0.1) is 0 Å². The molecule has 2 nitrogen and oxygen atoms in total. The Morgan fingerprint density at radius 3 is 2.71 bits per heavy atom. The van der Waals surface area contributed by atoms with E-state index < -0.39 is 0 Å². The molecule has 1 aromatic heterocycles. The largest absolute Gasteiger partial charge is 0.347 e. The van der Waals surface area contributed by atoms with Crippen molar-refractivity contribution in [1.29, 1.82) is 0 Å². The minimum absolute atomic E-state index is 0.00257. The van der Waals surface area contributed by atoms with Crippen molar-refractivity contribution in [2.45, 2.75) is 50.6 Å². The quantitative estimate of drug-likeness (QED) is 0.723. The van der Waals surface area contributed by atoms with Gasteiger partial charge in [-0.05, 0) is 37.8 Å². The van der Waals surface area contributed by atoms with E-state index in [0.717, 1.165) is 0 Å². The Bertz CT molecular complexity index is 345. The van der Waals surface area contributed by atoms with E-state index in [1.165, 1.54) is 56.5 Å². The SMILES string of the molecule is NC1(c2ccc3n2CCC3)CCCC1. The number of fused-ring (bicyclic) bond motifs is 1. The third kappa shape index (κ3) is 1.07. The standard InChI is InChI=1S/C12H18N2/c13-12(7-1-2-8-12)11-6-5-10-4-3-9-14(10)11/h5-6H,1-4,7-9,13H2. The molecule has 0 bridgehead atoms. The average molecular weight is 190 g/mol. The highest BCUT2D eigenvalue weighted by atomic mass is 15.0. The summed E-state index contributed by atoms with van der Waals surface area (Å²) in [6.45, 7) is 1.19. The lowest BCUT2D eigenvalue weighted by Gasteiger charge is -2.25. The number of nitrogens with zero attached hydrogens (tertiary/aromatic N) is 1. The number of hydrogen-bond donors (Lipinski definition) is 1. The molecule has 1 aliphatic heterocycles. The maximum atomic E-state index is 6.48. The van der Waals surface area contributed by atoms with Crippen LogP contribution in [0.1, 0.15) is 43.5 Å². The van der Waals surface area contributed by atoms with Crippen molar-refractivity contribution < 1.29 is 0 Å². The van der Waals surface area contributed by atoms with Gasteiger partial charge in [0.15, 0.2) is 0 Å². The van der Waals surface area contributed by atoms with Crippen LogP contribution in [0.4, 0.5) is 0 Å². The number of hydrogen-bond acceptors (Lipinski definition) is 1. The van der Waals surface area contributed by atoms with Gasteiger partial charge < -0.3 is 10.3 Å². The maximum absolute atomic E-state index is 6.48. The molecule has 1 aliphatic carbocycles. The first-order valence-electron chi connectivity index (χ1n) is 5.77. The summed E-state index contributed by atoms with van der Waals surface area (Å²) in [6, 6.07) is 4.54. The first kappa shape index (κ1) is 8.54. The van der Waals surface area contributed by atoms with Crippen molar-refractivity contribution in [2.75, 3.05) is 0 Å². The normalized spacial score (nSPS) is 24.1. The minimum atomic E-state index is 0.00257. The van der Waals surface area contributed by atoms with Crippen LogP contribution in [0.25, 0.3) is 0 Å². The molecule has 1 fully saturated rings. The van der Waals surface area contributed by atoms with E-state index in [2.05, 4.69) is 16.7 Å². The fourth-order valence-electron chi connectivity index (χ4n) is 3.11. The smallest absolute Gasteiger partial charge is 0.0563 e. The lowest BCUT2D eigenvalue weighted by atomic mass is 9.95. The monoisotopic (exact) mass is 190 g/mol. The first-order valence-corrected chi connectivity index (χ1v) is 5.77. The van der Waals surface area contributed by atoms with Crippen molar-refractivity contribution in [3.05, 3.63) is 23.5 Å². The highest BCUT2D eigenvalue weighted by Gasteiger charge is 2.34. The lowest BCUT2D eigenvalue weighted by molar-refractivity contribution is 0.425. The number of aromatic nitrogens is 1. The van der Waals surface area contributed by atoms with Crippen LogP contribution in [0.15, 0.2) is 12.1 Å². The molecule has 2 heterocycles. The lowest BCUT2D eigenvalue weighted by Crippen LogP contribution is -2.35. The second-order valence-corrected chi connectivity index (χ2v) is 4.83. The molecule has 0 atom stereocenters. The summed E-state index contributed by atoms with van der Waals surface area (Å²) in [4.78, 5) is 0. The van der Waals surface area contributed by atoms with E-state index in [-0.39, 0.29) is 5.54 Å². The molecule has 2 heteroatoms. The Morgan fingerprint density at radius 2 is 1.93 bits per heavy atom. The first-order chi connectivity index (χ1) is 6.80. The van der Waals surface area contributed by atoms with Crippen molar-refractivity contribution in [2.24, 2.45) is 5.73 Å². The summed E-state index contributed by atoms with van der Waals surface area (Å²) in [5.41, 5.74) is 9.38. The summed E-state index contributed by atoms with van der Waals surface area (Å²) in [7, 11) is 0. The highest BCUT2D eigenvalue weighted by Crippen LogP contribution is 2.38. The third-order valence-electron chi connectivity index (χ3n) is 3.89. The van der Waals surface area contributed by atoms with E-state index in [9.17, 15) is 0 Å². The molecular weight excluding hydrogens is 172 g/mol. The highest BCUT2D eigenvalue weighted by molar-refractivity contribution is 5.26. The van der Waals surface area contributed by atoms with E-state index in [1.807, 2.05) is 0 Å². The van der Waals surface area contributed by atoms with Gasteiger partial charge in [-0.25, -0.2) is 0 Å². The van der Waals surface area contributed by atoms with Gasteiger partial charge in [0.2, 0.25) is 0 Å². The second kappa shape index (κ2) is 2.86. The van der Waals surface area contributed by atoms with Crippen LogP contribution in [0.5, 0.6) is 0 Å². The zero-order valence-electron chi connectivity index (χ0n) is 8.63. The Balaban J connectivity index is 2.03. The Kier molecular flexibility index (Phi) is 1.75.